The Morgan fingerprint density at radius 2 is 1.70 bits per heavy atom. The standard InChI is InChI=1S/C26H26N4O3/c1-25(2,3)30-22(31)20-19(12-14-13-27-17-10-6-4-8-15(14)17)29-26(21(20)23(30)32)16-9-5-7-11-18(16)28-24(26)33/h4-11,13,19-21,27,29H,12H2,1-3H3,(H,28,33)/t19-,20-,21+,26-/m1/s1. The molecule has 0 radical (unpaired) electrons. The number of aromatic nitrogens is 1. The van der Waals surface area contributed by atoms with Gasteiger partial charge in [-0.3, -0.25) is 24.6 Å². The smallest absolute Gasteiger partial charge is 0.250 e. The number of H-pyrrole nitrogens is 1. The first-order valence-corrected chi connectivity index (χ1v) is 11.3. The zero-order valence-electron chi connectivity index (χ0n) is 18.8. The van der Waals surface area contributed by atoms with Crippen LogP contribution in [0, 0.1) is 11.8 Å². The van der Waals surface area contributed by atoms with E-state index >= 15 is 0 Å². The molecule has 2 fully saturated rings. The number of para-hydroxylation sites is 2. The molecule has 3 aliphatic rings. The van der Waals surface area contributed by atoms with Crippen molar-refractivity contribution in [3.63, 3.8) is 0 Å². The topological polar surface area (TPSA) is 94.3 Å². The Kier molecular flexibility index (Phi) is 4.00. The van der Waals surface area contributed by atoms with Crippen LogP contribution in [0.25, 0.3) is 10.9 Å². The number of carbonyl (C=O) groups is 3. The molecule has 1 aromatic heterocycles. The Hall–Kier alpha value is -3.45. The van der Waals surface area contributed by atoms with Crippen molar-refractivity contribution in [2.24, 2.45) is 11.8 Å². The van der Waals surface area contributed by atoms with E-state index in [-0.39, 0.29) is 23.8 Å². The summed E-state index contributed by atoms with van der Waals surface area (Å²) in [4.78, 5) is 45.7. The number of anilines is 1. The van der Waals surface area contributed by atoms with Crippen LogP contribution in [0.4, 0.5) is 5.69 Å². The molecule has 3 amide bonds. The lowest BCUT2D eigenvalue weighted by Crippen LogP contribution is -2.56. The molecular weight excluding hydrogens is 416 g/mol. The highest BCUT2D eigenvalue weighted by Gasteiger charge is 2.71. The zero-order chi connectivity index (χ0) is 23.1. The first-order chi connectivity index (χ1) is 15.7. The minimum Gasteiger partial charge on any atom is -0.361 e. The fourth-order valence-corrected chi connectivity index (χ4v) is 6.13. The van der Waals surface area contributed by atoms with Crippen LogP contribution in [-0.2, 0) is 26.3 Å². The van der Waals surface area contributed by atoms with Gasteiger partial charge in [-0.15, -0.1) is 0 Å². The van der Waals surface area contributed by atoms with Crippen LogP contribution < -0.4 is 10.6 Å². The Labute approximate surface area is 191 Å². The Balaban J connectivity index is 1.50. The third-order valence-electron chi connectivity index (χ3n) is 7.41. The highest BCUT2D eigenvalue weighted by molar-refractivity contribution is 6.15. The maximum absolute atomic E-state index is 13.8. The number of hydrogen-bond acceptors (Lipinski definition) is 4. The van der Waals surface area contributed by atoms with E-state index < -0.39 is 22.9 Å². The number of rotatable bonds is 2. The van der Waals surface area contributed by atoms with Crippen LogP contribution in [0.2, 0.25) is 0 Å². The molecule has 4 heterocycles. The second-order valence-electron chi connectivity index (χ2n) is 10.3. The fourth-order valence-electron chi connectivity index (χ4n) is 6.13. The number of benzene rings is 2. The number of hydrogen-bond donors (Lipinski definition) is 3. The lowest BCUT2D eigenvalue weighted by Gasteiger charge is -2.34. The van der Waals surface area contributed by atoms with Crippen molar-refractivity contribution in [2.45, 2.75) is 44.3 Å². The molecule has 7 nitrogen and oxygen atoms in total. The van der Waals surface area contributed by atoms with Gasteiger partial charge in [-0.25, -0.2) is 0 Å². The molecule has 33 heavy (non-hydrogen) atoms. The van der Waals surface area contributed by atoms with Crippen LogP contribution in [0.15, 0.2) is 54.7 Å². The summed E-state index contributed by atoms with van der Waals surface area (Å²) >= 11 is 0. The molecule has 0 unspecified atom stereocenters. The number of fused-ring (bicyclic) bond motifs is 5. The lowest BCUT2D eigenvalue weighted by atomic mass is 9.76. The monoisotopic (exact) mass is 442 g/mol. The van der Waals surface area contributed by atoms with Crippen molar-refractivity contribution in [3.05, 3.63) is 65.9 Å². The first kappa shape index (κ1) is 20.2. The predicted molar refractivity (Wildman–Crippen MR) is 124 cm³/mol. The molecule has 3 aromatic rings. The van der Waals surface area contributed by atoms with E-state index in [1.54, 1.807) is 0 Å². The summed E-state index contributed by atoms with van der Waals surface area (Å²) in [6, 6.07) is 15.1. The Morgan fingerprint density at radius 1 is 0.970 bits per heavy atom. The van der Waals surface area contributed by atoms with Crippen LogP contribution in [0.3, 0.4) is 0 Å². The van der Waals surface area contributed by atoms with Crippen LogP contribution in [0.5, 0.6) is 0 Å². The molecule has 2 aromatic carbocycles. The summed E-state index contributed by atoms with van der Waals surface area (Å²) in [6.45, 7) is 5.59. The number of aromatic amines is 1. The van der Waals surface area contributed by atoms with E-state index in [1.165, 1.54) is 4.90 Å². The molecule has 3 aliphatic heterocycles. The van der Waals surface area contributed by atoms with E-state index in [4.69, 9.17) is 0 Å². The van der Waals surface area contributed by atoms with Crippen molar-refractivity contribution < 1.29 is 14.4 Å². The summed E-state index contributed by atoms with van der Waals surface area (Å²) in [5, 5.41) is 7.55. The van der Waals surface area contributed by atoms with Gasteiger partial charge >= 0.3 is 0 Å². The predicted octanol–water partition coefficient (Wildman–Crippen LogP) is 2.93. The Bertz CT molecular complexity index is 1340. The summed E-state index contributed by atoms with van der Waals surface area (Å²) < 4.78 is 0. The number of amides is 3. The lowest BCUT2D eigenvalue weighted by molar-refractivity contribution is -0.147. The molecule has 1 spiro atoms. The summed E-state index contributed by atoms with van der Waals surface area (Å²) in [7, 11) is 0. The van der Waals surface area contributed by atoms with Gasteiger partial charge in [0.25, 0.3) is 0 Å². The van der Waals surface area contributed by atoms with E-state index in [9.17, 15) is 14.4 Å². The molecule has 0 aliphatic carbocycles. The van der Waals surface area contributed by atoms with Gasteiger partial charge in [0.15, 0.2) is 0 Å². The van der Waals surface area contributed by atoms with Gasteiger partial charge < -0.3 is 10.3 Å². The van der Waals surface area contributed by atoms with Crippen LogP contribution >= 0.6 is 0 Å². The highest BCUT2D eigenvalue weighted by Crippen LogP contribution is 2.54. The number of imide groups is 1. The summed E-state index contributed by atoms with van der Waals surface area (Å²) in [5.41, 5.74) is 1.58. The third-order valence-corrected chi connectivity index (χ3v) is 7.41. The third kappa shape index (κ3) is 2.57. The Morgan fingerprint density at radius 3 is 2.48 bits per heavy atom. The normalized spacial score (nSPS) is 28.6. The largest absolute Gasteiger partial charge is 0.361 e. The number of nitrogens with zero attached hydrogens (tertiary/aromatic N) is 1. The van der Waals surface area contributed by atoms with Crippen molar-refractivity contribution in [1.82, 2.24) is 15.2 Å². The SMILES string of the molecule is CC(C)(C)N1C(=O)[C@H]2[C@@H](C1=O)[C@@]1(N[C@@H]2Cc2c[nH]c3ccccc23)C(=O)Nc2ccccc21. The average Bonchev–Trinajstić information content (AvgIpc) is 3.47. The fraction of sp³-hybridized carbons (Fsp3) is 0.346. The molecule has 4 atom stereocenters. The van der Waals surface area contributed by atoms with E-state index in [0.717, 1.165) is 22.0 Å². The highest BCUT2D eigenvalue weighted by atomic mass is 16.2. The molecule has 6 rings (SSSR count). The number of likely N-dealkylation sites (tertiary alicyclic amines) is 1. The van der Waals surface area contributed by atoms with Gasteiger partial charge in [0.05, 0.1) is 11.8 Å². The quantitative estimate of drug-likeness (QED) is 0.532. The van der Waals surface area contributed by atoms with Crippen LogP contribution in [-0.4, -0.2) is 39.2 Å². The van der Waals surface area contributed by atoms with Crippen molar-refractivity contribution in [2.75, 3.05) is 5.32 Å². The molecule has 168 valence electrons. The average molecular weight is 443 g/mol. The number of carbonyl (C=O) groups excluding carboxylic acids is 3. The first-order valence-electron chi connectivity index (χ1n) is 11.3. The van der Waals surface area contributed by atoms with Crippen molar-refractivity contribution in [3.8, 4) is 0 Å². The summed E-state index contributed by atoms with van der Waals surface area (Å²) in [6.07, 6.45) is 2.48. The molecule has 7 heteroatoms. The molecule has 0 saturated carbocycles. The van der Waals surface area contributed by atoms with Gasteiger partial charge in [-0.05, 0) is 44.9 Å². The van der Waals surface area contributed by atoms with E-state index in [0.29, 0.717) is 12.1 Å². The van der Waals surface area contributed by atoms with Gasteiger partial charge in [-0.2, -0.15) is 0 Å². The van der Waals surface area contributed by atoms with Gasteiger partial charge in [0.1, 0.15) is 5.54 Å². The minimum atomic E-state index is -1.26. The molecule has 3 N–H and O–H groups in total. The second-order valence-corrected chi connectivity index (χ2v) is 10.3. The molecule has 0 bridgehead atoms. The van der Waals surface area contributed by atoms with Crippen LogP contribution in [0.1, 0.15) is 31.9 Å². The molecule has 2 saturated heterocycles. The second kappa shape index (κ2) is 6.54. The van der Waals surface area contributed by atoms with Gasteiger partial charge in [0.2, 0.25) is 17.7 Å². The van der Waals surface area contributed by atoms with Crippen molar-refractivity contribution >= 4 is 34.3 Å². The van der Waals surface area contributed by atoms with E-state index in [2.05, 4.69) is 15.6 Å². The van der Waals surface area contributed by atoms with Gasteiger partial charge in [-0.1, -0.05) is 36.4 Å². The maximum atomic E-state index is 13.8. The van der Waals surface area contributed by atoms with E-state index in [1.807, 2.05) is 75.5 Å². The minimum absolute atomic E-state index is 0.205. The maximum Gasteiger partial charge on any atom is 0.250 e. The zero-order valence-corrected chi connectivity index (χ0v) is 18.8. The van der Waals surface area contributed by atoms with Crippen molar-refractivity contribution in [1.29, 1.82) is 0 Å². The number of nitrogens with one attached hydrogen (secondary N) is 3. The molecular formula is C26H26N4O3. The summed E-state index contributed by atoms with van der Waals surface area (Å²) in [5.74, 6) is -2.16. The van der Waals surface area contributed by atoms with Gasteiger partial charge in [0, 0.05) is 39.9 Å².